The molecule has 0 aliphatic rings. The molecule has 0 fully saturated rings. The maximum absolute atomic E-state index is 9.46. The largest absolute Gasteiger partial charge is 0.387 e. The molecule has 1 aromatic carbocycles. The molecule has 4 heteroatoms. The van der Waals surface area contributed by atoms with E-state index in [1.807, 2.05) is 0 Å². The van der Waals surface area contributed by atoms with Gasteiger partial charge in [0, 0.05) is 4.90 Å². The first kappa shape index (κ1) is 13.2. The zero-order valence-corrected chi connectivity index (χ0v) is 11.7. The number of nitrogens with zero attached hydrogens (tertiary/aromatic N) is 1. The summed E-state index contributed by atoms with van der Waals surface area (Å²) >= 11 is 1.60. The van der Waals surface area contributed by atoms with Gasteiger partial charge in [-0.2, -0.15) is 0 Å². The second-order valence-electron chi connectivity index (χ2n) is 4.32. The fraction of sp³-hybridized carbons (Fsp3) is 0.357. The second kappa shape index (κ2) is 5.59. The summed E-state index contributed by atoms with van der Waals surface area (Å²) in [6.07, 6.45) is 2.22. The van der Waals surface area contributed by atoms with Crippen molar-refractivity contribution < 1.29 is 5.11 Å². The summed E-state index contributed by atoms with van der Waals surface area (Å²) in [7, 11) is 0. The molecule has 0 amide bonds. The summed E-state index contributed by atoms with van der Waals surface area (Å²) in [4.78, 5) is 8.61. The summed E-state index contributed by atoms with van der Waals surface area (Å²) in [5.41, 5.74) is 3.42. The lowest BCUT2D eigenvalue weighted by atomic mass is 10.1. The standard InChI is InChI=1S/C14H18N2OS/c1-4-11-6-5-7-13(9(11)2)18-14-15-8-12(16-14)10(3)17/h5-8,10,17H,4H2,1-3H3,(H,15,16). The highest BCUT2D eigenvalue weighted by Gasteiger charge is 2.09. The zero-order valence-electron chi connectivity index (χ0n) is 10.9. The number of aliphatic hydroxyl groups excluding tert-OH is 1. The molecule has 1 aromatic heterocycles. The van der Waals surface area contributed by atoms with E-state index in [2.05, 4.69) is 42.0 Å². The van der Waals surface area contributed by atoms with Gasteiger partial charge in [0.05, 0.1) is 18.0 Å². The second-order valence-corrected chi connectivity index (χ2v) is 5.35. The summed E-state index contributed by atoms with van der Waals surface area (Å²) in [5, 5.41) is 10.3. The van der Waals surface area contributed by atoms with Gasteiger partial charge in [-0.1, -0.05) is 30.8 Å². The molecule has 0 saturated carbocycles. The first-order valence-electron chi connectivity index (χ1n) is 6.11. The average Bonchev–Trinajstić information content (AvgIpc) is 2.80. The molecule has 1 atom stereocenters. The SMILES string of the molecule is CCc1cccc(Sc2ncc(C(C)O)[nH]2)c1C. The van der Waals surface area contributed by atoms with E-state index in [-0.39, 0.29) is 0 Å². The molecule has 18 heavy (non-hydrogen) atoms. The predicted octanol–water partition coefficient (Wildman–Crippen LogP) is 3.49. The number of rotatable bonds is 4. The number of nitrogens with one attached hydrogen (secondary N) is 1. The van der Waals surface area contributed by atoms with Crippen LogP contribution in [0.25, 0.3) is 0 Å². The number of aliphatic hydroxyl groups is 1. The number of benzene rings is 1. The maximum atomic E-state index is 9.46. The fourth-order valence-electron chi connectivity index (χ4n) is 1.84. The molecule has 1 heterocycles. The van der Waals surface area contributed by atoms with Crippen LogP contribution in [0.2, 0.25) is 0 Å². The van der Waals surface area contributed by atoms with E-state index in [4.69, 9.17) is 0 Å². The monoisotopic (exact) mass is 262 g/mol. The summed E-state index contributed by atoms with van der Waals surface area (Å²) in [5.74, 6) is 0. The summed E-state index contributed by atoms with van der Waals surface area (Å²) < 4.78 is 0. The van der Waals surface area contributed by atoms with Crippen LogP contribution < -0.4 is 0 Å². The van der Waals surface area contributed by atoms with Gasteiger partial charge >= 0.3 is 0 Å². The molecule has 0 spiro atoms. The Bertz CT molecular complexity index is 534. The van der Waals surface area contributed by atoms with Crippen molar-refractivity contribution in [1.82, 2.24) is 9.97 Å². The summed E-state index contributed by atoms with van der Waals surface area (Å²) in [6.45, 7) is 6.03. The fourth-order valence-corrected chi connectivity index (χ4v) is 2.75. The molecule has 0 aliphatic heterocycles. The van der Waals surface area contributed by atoms with Crippen LogP contribution in [0.15, 0.2) is 34.4 Å². The van der Waals surface area contributed by atoms with E-state index >= 15 is 0 Å². The highest BCUT2D eigenvalue weighted by Crippen LogP contribution is 2.30. The van der Waals surface area contributed by atoms with Crippen LogP contribution in [0.5, 0.6) is 0 Å². The molecule has 2 N–H and O–H groups in total. The van der Waals surface area contributed by atoms with Crippen molar-refractivity contribution in [3.05, 3.63) is 41.2 Å². The van der Waals surface area contributed by atoms with Gasteiger partial charge < -0.3 is 10.1 Å². The lowest BCUT2D eigenvalue weighted by Gasteiger charge is -2.08. The number of imidazole rings is 1. The topological polar surface area (TPSA) is 48.9 Å². The van der Waals surface area contributed by atoms with Gasteiger partial charge in [0.15, 0.2) is 5.16 Å². The average molecular weight is 262 g/mol. The van der Waals surface area contributed by atoms with E-state index < -0.39 is 6.10 Å². The molecule has 0 bridgehead atoms. The van der Waals surface area contributed by atoms with Crippen molar-refractivity contribution >= 4 is 11.8 Å². The Labute approximate surface area is 112 Å². The minimum absolute atomic E-state index is 0.505. The Kier molecular flexibility index (Phi) is 4.09. The minimum Gasteiger partial charge on any atom is -0.387 e. The van der Waals surface area contributed by atoms with Gasteiger partial charge in [-0.25, -0.2) is 4.98 Å². The number of hydrogen-bond acceptors (Lipinski definition) is 3. The van der Waals surface area contributed by atoms with Crippen LogP contribution in [0, 0.1) is 6.92 Å². The van der Waals surface area contributed by atoms with Crippen molar-refractivity contribution in [3.8, 4) is 0 Å². The van der Waals surface area contributed by atoms with Gasteiger partial charge in [-0.3, -0.25) is 0 Å². The third kappa shape index (κ3) is 2.76. The van der Waals surface area contributed by atoms with Crippen LogP contribution in [-0.4, -0.2) is 15.1 Å². The number of aromatic nitrogens is 2. The van der Waals surface area contributed by atoms with E-state index in [1.54, 1.807) is 24.9 Å². The lowest BCUT2D eigenvalue weighted by molar-refractivity contribution is 0.194. The maximum Gasteiger partial charge on any atom is 0.170 e. The minimum atomic E-state index is -0.505. The van der Waals surface area contributed by atoms with E-state index in [0.29, 0.717) is 0 Å². The Hall–Kier alpha value is -1.26. The molecule has 0 radical (unpaired) electrons. The molecule has 1 unspecified atom stereocenters. The number of hydrogen-bond donors (Lipinski definition) is 2. The Balaban J connectivity index is 2.23. The number of aromatic amines is 1. The molecule has 2 aromatic rings. The zero-order chi connectivity index (χ0) is 13.1. The number of aryl methyl sites for hydroxylation is 1. The quantitative estimate of drug-likeness (QED) is 0.886. The van der Waals surface area contributed by atoms with Crippen LogP contribution in [0.1, 0.15) is 36.8 Å². The van der Waals surface area contributed by atoms with Gasteiger partial charge in [0.1, 0.15) is 0 Å². The van der Waals surface area contributed by atoms with Gasteiger partial charge in [0.25, 0.3) is 0 Å². The smallest absolute Gasteiger partial charge is 0.170 e. The molecular formula is C14H18N2OS. The Morgan fingerprint density at radius 2 is 2.22 bits per heavy atom. The van der Waals surface area contributed by atoms with E-state index in [0.717, 1.165) is 17.3 Å². The van der Waals surface area contributed by atoms with Gasteiger partial charge in [-0.05, 0) is 37.5 Å². The molecular weight excluding hydrogens is 244 g/mol. The first-order valence-corrected chi connectivity index (χ1v) is 6.92. The first-order chi connectivity index (χ1) is 8.61. The molecule has 2 rings (SSSR count). The normalized spacial score (nSPS) is 12.7. The van der Waals surface area contributed by atoms with Gasteiger partial charge in [-0.15, -0.1) is 0 Å². The van der Waals surface area contributed by atoms with Crippen molar-refractivity contribution in [2.75, 3.05) is 0 Å². The highest BCUT2D eigenvalue weighted by atomic mass is 32.2. The highest BCUT2D eigenvalue weighted by molar-refractivity contribution is 7.99. The van der Waals surface area contributed by atoms with Crippen LogP contribution in [0.3, 0.4) is 0 Å². The van der Waals surface area contributed by atoms with Crippen LogP contribution in [-0.2, 0) is 6.42 Å². The van der Waals surface area contributed by atoms with Gasteiger partial charge in [0.2, 0.25) is 0 Å². The van der Waals surface area contributed by atoms with E-state index in [1.165, 1.54) is 16.0 Å². The van der Waals surface area contributed by atoms with Crippen LogP contribution in [0.4, 0.5) is 0 Å². The Morgan fingerprint density at radius 1 is 1.44 bits per heavy atom. The van der Waals surface area contributed by atoms with Crippen molar-refractivity contribution in [3.63, 3.8) is 0 Å². The Morgan fingerprint density at radius 3 is 2.83 bits per heavy atom. The molecule has 0 saturated heterocycles. The van der Waals surface area contributed by atoms with Crippen molar-refractivity contribution in [2.45, 2.75) is 43.3 Å². The van der Waals surface area contributed by atoms with Crippen molar-refractivity contribution in [2.24, 2.45) is 0 Å². The molecule has 3 nitrogen and oxygen atoms in total. The molecule has 0 aliphatic carbocycles. The number of H-pyrrole nitrogens is 1. The summed E-state index contributed by atoms with van der Waals surface area (Å²) in [6, 6.07) is 6.33. The predicted molar refractivity (Wildman–Crippen MR) is 73.9 cm³/mol. The third-order valence-corrected chi connectivity index (χ3v) is 4.07. The van der Waals surface area contributed by atoms with Crippen LogP contribution >= 0.6 is 11.8 Å². The third-order valence-electron chi connectivity index (χ3n) is 3.01. The lowest BCUT2D eigenvalue weighted by Crippen LogP contribution is -1.91. The molecule has 96 valence electrons. The van der Waals surface area contributed by atoms with E-state index in [9.17, 15) is 5.11 Å². The van der Waals surface area contributed by atoms with Crippen molar-refractivity contribution in [1.29, 1.82) is 0 Å².